The molecule has 2 fully saturated rings. The summed E-state index contributed by atoms with van der Waals surface area (Å²) >= 11 is 0. The average molecular weight is 295 g/mol. The monoisotopic (exact) mass is 295 g/mol. The lowest BCUT2D eigenvalue weighted by Crippen LogP contribution is -2.56. The van der Waals surface area contributed by atoms with Crippen molar-refractivity contribution in [2.24, 2.45) is 11.3 Å². The van der Waals surface area contributed by atoms with E-state index in [-0.39, 0.29) is 17.2 Å². The molecule has 2 amide bonds. The molecule has 2 aliphatic heterocycles. The standard InChI is InChI=1S/C16H29N3O2/c1-4-16(5-7-17-8-6-16)15(21)19-11-9-18(10-12-19)14(20)13(2)3/h13,17H,4-12H2,1-3H3. The summed E-state index contributed by atoms with van der Waals surface area (Å²) in [7, 11) is 0. The zero-order valence-electron chi connectivity index (χ0n) is 13.7. The lowest BCUT2D eigenvalue weighted by molar-refractivity contribution is -0.149. The SMILES string of the molecule is CCC1(C(=O)N2CCN(C(=O)C(C)C)CC2)CCNCC1. The van der Waals surface area contributed by atoms with Crippen LogP contribution in [0.3, 0.4) is 0 Å². The molecule has 0 aliphatic carbocycles. The number of rotatable bonds is 3. The van der Waals surface area contributed by atoms with E-state index in [4.69, 9.17) is 0 Å². The van der Waals surface area contributed by atoms with Gasteiger partial charge in [-0.3, -0.25) is 9.59 Å². The van der Waals surface area contributed by atoms with Gasteiger partial charge in [-0.2, -0.15) is 0 Å². The summed E-state index contributed by atoms with van der Waals surface area (Å²) in [6.07, 6.45) is 2.79. The van der Waals surface area contributed by atoms with Crippen molar-refractivity contribution in [1.82, 2.24) is 15.1 Å². The zero-order chi connectivity index (χ0) is 15.5. The molecule has 0 aromatic carbocycles. The molecule has 0 spiro atoms. The Balaban J connectivity index is 1.95. The fourth-order valence-corrected chi connectivity index (χ4v) is 3.45. The quantitative estimate of drug-likeness (QED) is 0.848. The predicted molar refractivity (Wildman–Crippen MR) is 82.8 cm³/mol. The van der Waals surface area contributed by atoms with Gasteiger partial charge in [0, 0.05) is 32.1 Å². The molecule has 2 rings (SSSR count). The Morgan fingerprint density at radius 1 is 1.05 bits per heavy atom. The molecular weight excluding hydrogens is 266 g/mol. The van der Waals surface area contributed by atoms with E-state index < -0.39 is 0 Å². The van der Waals surface area contributed by atoms with E-state index >= 15 is 0 Å². The minimum Gasteiger partial charge on any atom is -0.339 e. The van der Waals surface area contributed by atoms with Crippen molar-refractivity contribution in [2.75, 3.05) is 39.3 Å². The van der Waals surface area contributed by atoms with Crippen molar-refractivity contribution in [3.8, 4) is 0 Å². The molecule has 2 heterocycles. The molecule has 2 aliphatic rings. The molecule has 2 saturated heterocycles. The summed E-state index contributed by atoms with van der Waals surface area (Å²) in [5.74, 6) is 0.552. The number of piperidine rings is 1. The Kier molecular flexibility index (Phi) is 5.25. The summed E-state index contributed by atoms with van der Waals surface area (Å²) < 4.78 is 0. The third kappa shape index (κ3) is 3.39. The fraction of sp³-hybridized carbons (Fsp3) is 0.875. The summed E-state index contributed by atoms with van der Waals surface area (Å²) in [6, 6.07) is 0. The van der Waals surface area contributed by atoms with Crippen LogP contribution in [0.5, 0.6) is 0 Å². The van der Waals surface area contributed by atoms with Gasteiger partial charge in [0.25, 0.3) is 0 Å². The fourth-order valence-electron chi connectivity index (χ4n) is 3.45. The molecule has 0 radical (unpaired) electrons. The summed E-state index contributed by atoms with van der Waals surface area (Å²) in [6.45, 7) is 10.6. The van der Waals surface area contributed by atoms with Crippen LogP contribution in [-0.4, -0.2) is 60.9 Å². The van der Waals surface area contributed by atoms with E-state index in [0.717, 1.165) is 32.4 Å². The third-order valence-corrected chi connectivity index (χ3v) is 5.06. The van der Waals surface area contributed by atoms with Gasteiger partial charge >= 0.3 is 0 Å². The Morgan fingerprint density at radius 2 is 1.57 bits per heavy atom. The Hall–Kier alpha value is -1.10. The first kappa shape index (κ1) is 16.3. The molecule has 0 unspecified atom stereocenters. The van der Waals surface area contributed by atoms with Crippen molar-refractivity contribution in [3.05, 3.63) is 0 Å². The van der Waals surface area contributed by atoms with Gasteiger partial charge in [-0.05, 0) is 32.4 Å². The highest BCUT2D eigenvalue weighted by molar-refractivity contribution is 5.83. The van der Waals surface area contributed by atoms with Crippen LogP contribution in [0.25, 0.3) is 0 Å². The molecule has 0 aromatic heterocycles. The second-order valence-corrected chi connectivity index (χ2v) is 6.66. The van der Waals surface area contributed by atoms with Gasteiger partial charge in [0.05, 0.1) is 5.41 Å². The van der Waals surface area contributed by atoms with Gasteiger partial charge in [0.1, 0.15) is 0 Å². The number of piperazine rings is 1. The van der Waals surface area contributed by atoms with E-state index in [1.807, 2.05) is 23.6 Å². The molecular formula is C16H29N3O2. The highest BCUT2D eigenvalue weighted by Crippen LogP contribution is 2.35. The molecule has 0 atom stereocenters. The van der Waals surface area contributed by atoms with Crippen LogP contribution in [-0.2, 0) is 9.59 Å². The minimum atomic E-state index is -0.171. The van der Waals surface area contributed by atoms with Crippen LogP contribution >= 0.6 is 0 Å². The van der Waals surface area contributed by atoms with Gasteiger partial charge in [-0.15, -0.1) is 0 Å². The molecule has 120 valence electrons. The van der Waals surface area contributed by atoms with Crippen LogP contribution in [0, 0.1) is 11.3 Å². The van der Waals surface area contributed by atoms with Crippen LogP contribution in [0.1, 0.15) is 40.0 Å². The number of nitrogens with one attached hydrogen (secondary N) is 1. The average Bonchev–Trinajstić information content (AvgIpc) is 2.54. The molecule has 0 bridgehead atoms. The molecule has 21 heavy (non-hydrogen) atoms. The third-order valence-electron chi connectivity index (χ3n) is 5.06. The van der Waals surface area contributed by atoms with Gasteiger partial charge in [0.2, 0.25) is 11.8 Å². The van der Waals surface area contributed by atoms with Gasteiger partial charge in [-0.25, -0.2) is 0 Å². The molecule has 5 heteroatoms. The Morgan fingerprint density at radius 3 is 2.05 bits per heavy atom. The number of hydrogen-bond donors (Lipinski definition) is 1. The first-order valence-electron chi connectivity index (χ1n) is 8.29. The Labute approximate surface area is 128 Å². The van der Waals surface area contributed by atoms with Crippen LogP contribution in [0.4, 0.5) is 0 Å². The second kappa shape index (κ2) is 6.77. The second-order valence-electron chi connectivity index (χ2n) is 6.66. The number of hydrogen-bond acceptors (Lipinski definition) is 3. The normalized spacial score (nSPS) is 22.5. The van der Waals surface area contributed by atoms with Crippen molar-refractivity contribution in [2.45, 2.75) is 40.0 Å². The van der Waals surface area contributed by atoms with E-state index in [9.17, 15) is 9.59 Å². The Bertz CT molecular complexity index is 381. The number of nitrogens with zero attached hydrogens (tertiary/aromatic N) is 2. The van der Waals surface area contributed by atoms with Gasteiger partial charge < -0.3 is 15.1 Å². The van der Waals surface area contributed by atoms with E-state index in [1.54, 1.807) is 0 Å². The maximum Gasteiger partial charge on any atom is 0.228 e. The number of amides is 2. The summed E-state index contributed by atoms with van der Waals surface area (Å²) in [5.41, 5.74) is -0.171. The predicted octanol–water partition coefficient (Wildman–Crippen LogP) is 1.09. The molecule has 0 saturated carbocycles. The molecule has 0 aromatic rings. The minimum absolute atomic E-state index is 0.0404. The van der Waals surface area contributed by atoms with Gasteiger partial charge in [-0.1, -0.05) is 20.8 Å². The van der Waals surface area contributed by atoms with Crippen LogP contribution in [0.15, 0.2) is 0 Å². The topological polar surface area (TPSA) is 52.7 Å². The highest BCUT2D eigenvalue weighted by Gasteiger charge is 2.41. The van der Waals surface area contributed by atoms with Crippen LogP contribution < -0.4 is 5.32 Å². The van der Waals surface area contributed by atoms with Crippen molar-refractivity contribution in [1.29, 1.82) is 0 Å². The maximum atomic E-state index is 12.9. The maximum absolute atomic E-state index is 12.9. The van der Waals surface area contributed by atoms with Crippen LogP contribution in [0.2, 0.25) is 0 Å². The zero-order valence-corrected chi connectivity index (χ0v) is 13.7. The molecule has 5 nitrogen and oxygen atoms in total. The summed E-state index contributed by atoms with van der Waals surface area (Å²) in [4.78, 5) is 28.8. The largest absolute Gasteiger partial charge is 0.339 e. The first-order valence-corrected chi connectivity index (χ1v) is 8.29. The van der Waals surface area contributed by atoms with Crippen molar-refractivity contribution in [3.63, 3.8) is 0 Å². The number of carbonyl (C=O) groups excluding carboxylic acids is 2. The lowest BCUT2D eigenvalue weighted by Gasteiger charge is -2.43. The van der Waals surface area contributed by atoms with Crippen molar-refractivity contribution >= 4 is 11.8 Å². The van der Waals surface area contributed by atoms with Gasteiger partial charge in [0.15, 0.2) is 0 Å². The summed E-state index contributed by atoms with van der Waals surface area (Å²) in [5, 5.41) is 3.34. The number of carbonyl (C=O) groups is 2. The van der Waals surface area contributed by atoms with E-state index in [1.165, 1.54) is 0 Å². The first-order chi connectivity index (χ1) is 10.00. The molecule has 1 N–H and O–H groups in total. The highest BCUT2D eigenvalue weighted by atomic mass is 16.2. The smallest absolute Gasteiger partial charge is 0.228 e. The van der Waals surface area contributed by atoms with E-state index in [2.05, 4.69) is 12.2 Å². The van der Waals surface area contributed by atoms with E-state index in [0.29, 0.717) is 32.1 Å². The lowest BCUT2D eigenvalue weighted by atomic mass is 9.75. The van der Waals surface area contributed by atoms with Crippen molar-refractivity contribution < 1.29 is 9.59 Å².